The van der Waals surface area contributed by atoms with Gasteiger partial charge in [0, 0.05) is 40.6 Å². The number of benzene rings is 3. The maximum atomic E-state index is 12.5. The molecule has 0 fully saturated rings. The summed E-state index contributed by atoms with van der Waals surface area (Å²) in [6.45, 7) is 0. The summed E-state index contributed by atoms with van der Waals surface area (Å²) in [5.74, 6) is 1.72. The second-order valence-electron chi connectivity index (χ2n) is 7.50. The third kappa shape index (κ3) is 4.96. The molecule has 0 saturated heterocycles. The predicted octanol–water partition coefficient (Wildman–Crippen LogP) is 6.17. The van der Waals surface area contributed by atoms with Crippen LogP contribution in [0.1, 0.15) is 21.5 Å². The summed E-state index contributed by atoms with van der Waals surface area (Å²) < 4.78 is 16.2. The summed E-state index contributed by atoms with van der Waals surface area (Å²) in [7, 11) is 4.77. The summed E-state index contributed by atoms with van der Waals surface area (Å²) in [4.78, 5) is 15.7. The molecular formula is C28H26N2O4. The Morgan fingerprint density at radius 2 is 1.53 bits per heavy atom. The first-order valence-electron chi connectivity index (χ1n) is 10.7. The first-order chi connectivity index (χ1) is 16.6. The average molecular weight is 455 g/mol. The van der Waals surface area contributed by atoms with E-state index < -0.39 is 0 Å². The molecule has 0 aliphatic heterocycles. The quantitative estimate of drug-likeness (QED) is 0.180. The zero-order valence-corrected chi connectivity index (χ0v) is 19.3. The lowest BCUT2D eigenvalue weighted by Crippen LogP contribution is -1.95. The van der Waals surface area contributed by atoms with Crippen molar-refractivity contribution in [3.63, 3.8) is 0 Å². The zero-order valence-electron chi connectivity index (χ0n) is 19.3. The van der Waals surface area contributed by atoms with Crippen LogP contribution in [-0.2, 0) is 0 Å². The van der Waals surface area contributed by atoms with Crippen LogP contribution in [0.3, 0.4) is 0 Å². The number of nitrogens with one attached hydrogen (secondary N) is 2. The summed E-state index contributed by atoms with van der Waals surface area (Å²) in [6, 6.07) is 19.4. The maximum Gasteiger partial charge on any atom is 0.203 e. The van der Waals surface area contributed by atoms with E-state index in [0.717, 1.165) is 27.7 Å². The SMILES string of the molecule is COc1cc(C=Cc2ccc(N/C=C\C(=O)c3c[nH]c4ccccc34)cc2)cc(OC)c1OC. The van der Waals surface area contributed by atoms with Gasteiger partial charge in [-0.3, -0.25) is 4.79 Å². The number of carbonyl (C=O) groups is 1. The van der Waals surface area contributed by atoms with Gasteiger partial charge in [-0.05, 0) is 41.5 Å². The molecule has 6 heteroatoms. The topological polar surface area (TPSA) is 72.6 Å². The lowest BCUT2D eigenvalue weighted by molar-refractivity contribution is 0.104. The largest absolute Gasteiger partial charge is 0.493 e. The number of hydrogen-bond donors (Lipinski definition) is 2. The van der Waals surface area contributed by atoms with Crippen molar-refractivity contribution in [2.24, 2.45) is 0 Å². The number of carbonyl (C=O) groups excluding carboxylic acids is 1. The second kappa shape index (κ2) is 10.4. The Balaban J connectivity index is 1.40. The van der Waals surface area contributed by atoms with Crippen LogP contribution in [0.25, 0.3) is 23.1 Å². The molecule has 1 aromatic heterocycles. The fourth-order valence-electron chi connectivity index (χ4n) is 3.66. The Kier molecular flexibility index (Phi) is 6.98. The van der Waals surface area contributed by atoms with Crippen molar-refractivity contribution in [1.82, 2.24) is 4.98 Å². The molecular weight excluding hydrogens is 428 g/mol. The van der Waals surface area contributed by atoms with E-state index in [1.54, 1.807) is 33.7 Å². The van der Waals surface area contributed by atoms with Crippen LogP contribution in [0.5, 0.6) is 17.2 Å². The first-order valence-corrected chi connectivity index (χ1v) is 10.7. The van der Waals surface area contributed by atoms with Gasteiger partial charge in [0.25, 0.3) is 0 Å². The molecule has 0 bridgehead atoms. The lowest BCUT2D eigenvalue weighted by atomic mass is 10.1. The number of methoxy groups -OCH3 is 3. The Bertz CT molecular complexity index is 1330. The monoisotopic (exact) mass is 454 g/mol. The van der Waals surface area contributed by atoms with Crippen LogP contribution in [0, 0.1) is 0 Å². The van der Waals surface area contributed by atoms with Gasteiger partial charge in [0.05, 0.1) is 21.3 Å². The molecule has 3 aromatic carbocycles. The number of ketones is 1. The van der Waals surface area contributed by atoms with Crippen molar-refractivity contribution in [2.75, 3.05) is 26.6 Å². The summed E-state index contributed by atoms with van der Waals surface area (Å²) in [6.07, 6.45) is 8.92. The van der Waals surface area contributed by atoms with Crippen LogP contribution in [-0.4, -0.2) is 32.1 Å². The molecule has 0 unspecified atom stereocenters. The molecule has 0 atom stereocenters. The molecule has 6 nitrogen and oxygen atoms in total. The molecule has 34 heavy (non-hydrogen) atoms. The van der Waals surface area contributed by atoms with Crippen molar-refractivity contribution in [3.8, 4) is 17.2 Å². The molecule has 0 radical (unpaired) electrons. The Morgan fingerprint density at radius 1 is 0.853 bits per heavy atom. The molecule has 172 valence electrons. The highest BCUT2D eigenvalue weighted by atomic mass is 16.5. The number of allylic oxidation sites excluding steroid dienone is 1. The maximum absolute atomic E-state index is 12.5. The average Bonchev–Trinajstić information content (AvgIpc) is 3.31. The third-order valence-corrected chi connectivity index (χ3v) is 5.41. The van der Waals surface area contributed by atoms with Gasteiger partial charge in [-0.25, -0.2) is 0 Å². The summed E-state index contributed by atoms with van der Waals surface area (Å²) in [5, 5.41) is 4.06. The number of aromatic amines is 1. The molecule has 0 spiro atoms. The lowest BCUT2D eigenvalue weighted by Gasteiger charge is -2.12. The number of H-pyrrole nitrogens is 1. The number of fused-ring (bicyclic) bond motifs is 1. The van der Waals surface area contributed by atoms with Gasteiger partial charge in [0.15, 0.2) is 17.3 Å². The molecule has 4 rings (SSSR count). The van der Waals surface area contributed by atoms with Crippen LogP contribution >= 0.6 is 0 Å². The highest BCUT2D eigenvalue weighted by molar-refractivity contribution is 6.13. The molecule has 0 amide bonds. The van der Waals surface area contributed by atoms with Crippen molar-refractivity contribution in [2.45, 2.75) is 0 Å². The standard InChI is InChI=1S/C28H26N2O4/c1-32-26-16-20(17-27(33-2)28(26)34-3)9-8-19-10-12-21(13-11-19)29-15-14-25(31)23-18-30-24-7-5-4-6-22(23)24/h4-18,29-30H,1-3H3/b9-8?,15-14-. The molecule has 1 heterocycles. The van der Waals surface area contributed by atoms with E-state index in [4.69, 9.17) is 14.2 Å². The molecule has 4 aromatic rings. The molecule has 0 aliphatic carbocycles. The van der Waals surface area contributed by atoms with Gasteiger partial charge < -0.3 is 24.5 Å². The number of ether oxygens (including phenoxy) is 3. The van der Waals surface area contributed by atoms with Gasteiger partial charge in [0.2, 0.25) is 5.75 Å². The zero-order chi connectivity index (χ0) is 23.9. The third-order valence-electron chi connectivity index (χ3n) is 5.41. The fourth-order valence-corrected chi connectivity index (χ4v) is 3.66. The van der Waals surface area contributed by atoms with E-state index in [2.05, 4.69) is 10.3 Å². The minimum atomic E-state index is -0.0603. The van der Waals surface area contributed by atoms with Gasteiger partial charge in [-0.1, -0.05) is 42.5 Å². The second-order valence-corrected chi connectivity index (χ2v) is 7.50. The van der Waals surface area contributed by atoms with Crippen molar-refractivity contribution < 1.29 is 19.0 Å². The van der Waals surface area contributed by atoms with Crippen LogP contribution in [0.4, 0.5) is 5.69 Å². The van der Waals surface area contributed by atoms with Crippen LogP contribution in [0.15, 0.2) is 79.1 Å². The number of rotatable bonds is 9. The number of para-hydroxylation sites is 1. The van der Waals surface area contributed by atoms with Gasteiger partial charge in [-0.15, -0.1) is 0 Å². The van der Waals surface area contributed by atoms with Crippen LogP contribution < -0.4 is 19.5 Å². The Morgan fingerprint density at radius 3 is 2.21 bits per heavy atom. The van der Waals surface area contributed by atoms with Crippen molar-refractivity contribution in [3.05, 3.63) is 95.8 Å². The fraction of sp³-hybridized carbons (Fsp3) is 0.107. The summed E-state index contributed by atoms with van der Waals surface area (Å²) >= 11 is 0. The smallest absolute Gasteiger partial charge is 0.203 e. The van der Waals surface area contributed by atoms with Gasteiger partial charge >= 0.3 is 0 Å². The van der Waals surface area contributed by atoms with E-state index >= 15 is 0 Å². The minimum Gasteiger partial charge on any atom is -0.493 e. The van der Waals surface area contributed by atoms with E-state index in [1.165, 1.54) is 6.08 Å². The van der Waals surface area contributed by atoms with Crippen LogP contribution in [0.2, 0.25) is 0 Å². The van der Waals surface area contributed by atoms with Crippen molar-refractivity contribution in [1.29, 1.82) is 0 Å². The van der Waals surface area contributed by atoms with E-state index in [-0.39, 0.29) is 5.78 Å². The number of anilines is 1. The highest BCUT2D eigenvalue weighted by Crippen LogP contribution is 2.38. The minimum absolute atomic E-state index is 0.0603. The first kappa shape index (κ1) is 22.7. The van der Waals surface area contributed by atoms with E-state index in [0.29, 0.717) is 22.8 Å². The number of aromatic nitrogens is 1. The Labute approximate surface area is 198 Å². The molecule has 2 N–H and O–H groups in total. The van der Waals surface area contributed by atoms with E-state index in [9.17, 15) is 4.79 Å². The van der Waals surface area contributed by atoms with Gasteiger partial charge in [0.1, 0.15) is 0 Å². The Hall–Kier alpha value is -4.45. The highest BCUT2D eigenvalue weighted by Gasteiger charge is 2.12. The van der Waals surface area contributed by atoms with Crippen molar-refractivity contribution >= 4 is 34.5 Å². The molecule has 0 aliphatic rings. The van der Waals surface area contributed by atoms with E-state index in [1.807, 2.05) is 72.8 Å². The molecule has 0 saturated carbocycles. The predicted molar refractivity (Wildman–Crippen MR) is 137 cm³/mol. The summed E-state index contributed by atoms with van der Waals surface area (Å²) in [5.41, 5.74) is 4.43. The van der Waals surface area contributed by atoms with Gasteiger partial charge in [-0.2, -0.15) is 0 Å². The number of hydrogen-bond acceptors (Lipinski definition) is 5. The normalized spacial score (nSPS) is 11.3.